The third-order valence-electron chi connectivity index (χ3n) is 4.35. The fourth-order valence-electron chi connectivity index (χ4n) is 2.94. The van der Waals surface area contributed by atoms with Gasteiger partial charge in [-0.1, -0.05) is 19.8 Å². The molecule has 22 heavy (non-hydrogen) atoms. The van der Waals surface area contributed by atoms with Crippen LogP contribution in [0.4, 0.5) is 5.69 Å². The van der Waals surface area contributed by atoms with Crippen LogP contribution in [0, 0.1) is 0 Å². The van der Waals surface area contributed by atoms with Crippen LogP contribution in [0.5, 0.6) is 5.88 Å². The number of likely N-dealkylation sites (tertiary alicyclic amines) is 1. The lowest BCUT2D eigenvalue weighted by Gasteiger charge is -2.36. The second-order valence-corrected chi connectivity index (χ2v) is 5.86. The molecule has 0 unspecified atom stereocenters. The molecule has 5 nitrogen and oxygen atoms in total. The third kappa shape index (κ3) is 3.97. The lowest BCUT2D eigenvalue weighted by atomic mass is 10.0. The highest BCUT2D eigenvalue weighted by Crippen LogP contribution is 2.22. The van der Waals surface area contributed by atoms with E-state index in [1.54, 1.807) is 24.3 Å². The summed E-state index contributed by atoms with van der Waals surface area (Å²) < 4.78 is 5.06. The van der Waals surface area contributed by atoms with E-state index < -0.39 is 0 Å². The second-order valence-electron chi connectivity index (χ2n) is 5.86. The summed E-state index contributed by atoms with van der Waals surface area (Å²) in [4.78, 5) is 21.1. The maximum atomic E-state index is 12.9. The molecule has 0 aromatic carbocycles. The van der Waals surface area contributed by atoms with Crippen molar-refractivity contribution in [3.05, 3.63) is 18.3 Å². The zero-order valence-corrected chi connectivity index (χ0v) is 13.9. The average Bonchev–Trinajstić information content (AvgIpc) is 2.59. The van der Waals surface area contributed by atoms with Crippen LogP contribution in [0.25, 0.3) is 0 Å². The number of unbranched alkanes of at least 4 members (excludes halogenated alkanes) is 1. The van der Waals surface area contributed by atoms with E-state index in [1.807, 2.05) is 13.1 Å². The molecular weight excluding hydrogens is 278 g/mol. The van der Waals surface area contributed by atoms with Crippen LogP contribution in [-0.4, -0.2) is 49.1 Å². The molecule has 0 bridgehead atoms. The molecule has 0 N–H and O–H groups in total. The highest BCUT2D eigenvalue weighted by Gasteiger charge is 2.30. The summed E-state index contributed by atoms with van der Waals surface area (Å²) in [7, 11) is 3.42. The Morgan fingerprint density at radius 1 is 1.45 bits per heavy atom. The highest BCUT2D eigenvalue weighted by molar-refractivity contribution is 5.96. The Hall–Kier alpha value is -1.62. The van der Waals surface area contributed by atoms with Crippen LogP contribution < -0.4 is 9.64 Å². The summed E-state index contributed by atoms with van der Waals surface area (Å²) in [5.74, 6) is 0.731. The molecule has 1 aliphatic rings. The largest absolute Gasteiger partial charge is 0.481 e. The molecule has 122 valence electrons. The number of amides is 1. The van der Waals surface area contributed by atoms with Crippen molar-refractivity contribution in [3.63, 3.8) is 0 Å². The Kier molecular flexibility index (Phi) is 6.19. The van der Waals surface area contributed by atoms with E-state index in [4.69, 9.17) is 4.74 Å². The number of methoxy groups -OCH3 is 1. The number of hydrogen-bond donors (Lipinski definition) is 0. The number of pyridine rings is 1. The number of rotatable bonds is 6. The number of hydrogen-bond acceptors (Lipinski definition) is 4. The first-order chi connectivity index (χ1) is 10.7. The summed E-state index contributed by atoms with van der Waals surface area (Å²) in [6.07, 6.45) is 7.29. The van der Waals surface area contributed by atoms with Crippen molar-refractivity contribution in [2.45, 2.75) is 45.1 Å². The topological polar surface area (TPSA) is 45.7 Å². The van der Waals surface area contributed by atoms with Gasteiger partial charge in [0.15, 0.2) is 0 Å². The monoisotopic (exact) mass is 305 g/mol. The Bertz CT molecular complexity index is 475. The van der Waals surface area contributed by atoms with Crippen LogP contribution in [0.3, 0.4) is 0 Å². The average molecular weight is 305 g/mol. The van der Waals surface area contributed by atoms with Gasteiger partial charge in [-0.05, 0) is 38.4 Å². The molecule has 1 aromatic rings. The van der Waals surface area contributed by atoms with E-state index in [1.165, 1.54) is 6.42 Å². The lowest BCUT2D eigenvalue weighted by Crippen LogP contribution is -2.50. The third-order valence-corrected chi connectivity index (χ3v) is 4.35. The Morgan fingerprint density at radius 2 is 2.27 bits per heavy atom. The molecule has 0 spiro atoms. The van der Waals surface area contributed by atoms with Gasteiger partial charge in [0, 0.05) is 13.1 Å². The minimum Gasteiger partial charge on any atom is -0.481 e. The SMILES string of the molecule is CCCCN1CCCC[C@@H]1C(=O)N(C)c1ccc(OC)nc1. The standard InChI is InChI=1S/C17H27N3O2/c1-4-5-11-20-12-7-6-8-15(20)17(21)19(2)14-9-10-16(22-3)18-13-14/h9-10,13,15H,4-8,11-12H2,1-3H3/t15-/m1/s1. The minimum absolute atomic E-state index is 0.00685. The molecule has 1 atom stereocenters. The van der Waals surface area contributed by atoms with Gasteiger partial charge >= 0.3 is 0 Å². The predicted octanol–water partition coefficient (Wildman–Crippen LogP) is 2.71. The van der Waals surface area contributed by atoms with Gasteiger partial charge in [0.2, 0.25) is 11.8 Å². The molecule has 1 aliphatic heterocycles. The van der Waals surface area contributed by atoms with Crippen molar-refractivity contribution >= 4 is 11.6 Å². The number of anilines is 1. The zero-order chi connectivity index (χ0) is 15.9. The van der Waals surface area contributed by atoms with Crippen LogP contribution in [0.15, 0.2) is 18.3 Å². The number of carbonyl (C=O) groups excluding carboxylic acids is 1. The molecule has 1 aromatic heterocycles. The van der Waals surface area contributed by atoms with Gasteiger partial charge in [0.1, 0.15) is 0 Å². The summed E-state index contributed by atoms with van der Waals surface area (Å²) >= 11 is 0. The van der Waals surface area contributed by atoms with Crippen LogP contribution in [0.1, 0.15) is 39.0 Å². The maximum absolute atomic E-state index is 12.9. The molecule has 1 amide bonds. The number of ether oxygens (including phenoxy) is 1. The molecule has 0 saturated carbocycles. The summed E-state index contributed by atoms with van der Waals surface area (Å²) in [5, 5.41) is 0. The quantitative estimate of drug-likeness (QED) is 0.810. The van der Waals surface area contributed by atoms with Gasteiger partial charge in [-0.2, -0.15) is 0 Å². The molecule has 0 aliphatic carbocycles. The smallest absolute Gasteiger partial charge is 0.244 e. The van der Waals surface area contributed by atoms with Crippen molar-refractivity contribution in [3.8, 4) is 5.88 Å². The summed E-state index contributed by atoms with van der Waals surface area (Å²) in [6.45, 7) is 4.24. The van der Waals surface area contributed by atoms with Gasteiger partial charge in [0.25, 0.3) is 0 Å². The maximum Gasteiger partial charge on any atom is 0.244 e. The second kappa shape index (κ2) is 8.13. The van der Waals surface area contributed by atoms with Crippen molar-refractivity contribution in [2.75, 3.05) is 32.1 Å². The zero-order valence-electron chi connectivity index (χ0n) is 13.9. The molecule has 1 saturated heterocycles. The molecule has 2 heterocycles. The van der Waals surface area contributed by atoms with Crippen molar-refractivity contribution < 1.29 is 9.53 Å². The number of likely N-dealkylation sites (N-methyl/N-ethyl adjacent to an activating group) is 1. The minimum atomic E-state index is 0.00685. The number of nitrogens with zero attached hydrogens (tertiary/aromatic N) is 3. The first kappa shape index (κ1) is 16.7. The van der Waals surface area contributed by atoms with Crippen molar-refractivity contribution in [1.82, 2.24) is 9.88 Å². The van der Waals surface area contributed by atoms with Gasteiger partial charge in [-0.15, -0.1) is 0 Å². The predicted molar refractivity (Wildman–Crippen MR) is 88.3 cm³/mol. The van der Waals surface area contributed by atoms with Crippen LogP contribution >= 0.6 is 0 Å². The Balaban J connectivity index is 2.06. The Morgan fingerprint density at radius 3 is 2.91 bits per heavy atom. The molecule has 5 heteroatoms. The lowest BCUT2D eigenvalue weighted by molar-refractivity contribution is -0.124. The normalized spacial score (nSPS) is 19.0. The van der Waals surface area contributed by atoms with E-state index in [2.05, 4.69) is 16.8 Å². The fraction of sp³-hybridized carbons (Fsp3) is 0.647. The van der Waals surface area contributed by atoms with Gasteiger partial charge < -0.3 is 9.64 Å². The first-order valence-electron chi connectivity index (χ1n) is 8.19. The van der Waals surface area contributed by atoms with Crippen LogP contribution in [-0.2, 0) is 4.79 Å². The highest BCUT2D eigenvalue weighted by atomic mass is 16.5. The number of carbonyl (C=O) groups is 1. The van der Waals surface area contributed by atoms with Crippen LogP contribution in [0.2, 0.25) is 0 Å². The molecule has 1 fully saturated rings. The molecule has 0 radical (unpaired) electrons. The molecule has 2 rings (SSSR count). The summed E-state index contributed by atoms with van der Waals surface area (Å²) in [6, 6.07) is 3.67. The van der Waals surface area contributed by atoms with E-state index in [-0.39, 0.29) is 11.9 Å². The van der Waals surface area contributed by atoms with Gasteiger partial charge in [-0.3, -0.25) is 9.69 Å². The molecular formula is C17H27N3O2. The number of piperidine rings is 1. The first-order valence-corrected chi connectivity index (χ1v) is 8.19. The van der Waals surface area contributed by atoms with Gasteiger partial charge in [0.05, 0.1) is 25.0 Å². The van der Waals surface area contributed by atoms with E-state index in [0.29, 0.717) is 5.88 Å². The Labute approximate surface area is 133 Å². The van der Waals surface area contributed by atoms with Crippen molar-refractivity contribution in [2.24, 2.45) is 0 Å². The van der Waals surface area contributed by atoms with E-state index in [9.17, 15) is 4.79 Å². The summed E-state index contributed by atoms with van der Waals surface area (Å²) in [5.41, 5.74) is 0.812. The fourth-order valence-corrected chi connectivity index (χ4v) is 2.94. The van der Waals surface area contributed by atoms with Crippen molar-refractivity contribution in [1.29, 1.82) is 0 Å². The van der Waals surface area contributed by atoms with E-state index >= 15 is 0 Å². The van der Waals surface area contributed by atoms with Gasteiger partial charge in [-0.25, -0.2) is 4.98 Å². The van der Waals surface area contributed by atoms with E-state index in [0.717, 1.165) is 44.5 Å². The number of aromatic nitrogens is 1.